The normalized spacial score (nSPS) is 10.9. The monoisotopic (exact) mass is 268 g/mol. The highest BCUT2D eigenvalue weighted by atomic mass is 15.1. The molecule has 0 saturated carbocycles. The lowest BCUT2D eigenvalue weighted by Crippen LogP contribution is -2.20. The molecule has 106 valence electrons. The Bertz CT molecular complexity index is 491. The van der Waals surface area contributed by atoms with E-state index in [-0.39, 0.29) is 0 Å². The lowest BCUT2D eigenvalue weighted by molar-refractivity contribution is 0.357. The second kappa shape index (κ2) is 7.81. The van der Waals surface area contributed by atoms with E-state index in [9.17, 15) is 0 Å². The van der Waals surface area contributed by atoms with Crippen molar-refractivity contribution in [3.63, 3.8) is 0 Å². The maximum atomic E-state index is 4.58. The lowest BCUT2D eigenvalue weighted by Gasteiger charge is -2.13. The van der Waals surface area contributed by atoms with Crippen LogP contribution in [0, 0.1) is 0 Å². The Labute approximate surface area is 122 Å². The molecule has 0 saturated heterocycles. The zero-order valence-electron chi connectivity index (χ0n) is 12.5. The maximum Gasteiger partial charge on any atom is 0.0407 e. The van der Waals surface area contributed by atoms with Gasteiger partial charge in [-0.3, -0.25) is 4.98 Å². The summed E-state index contributed by atoms with van der Waals surface area (Å²) in [7, 11) is 2.15. The SMILES string of the molecule is CCN(C)CCc1ccc(CCc2ccccc2)nc1. The Hall–Kier alpha value is -1.67. The van der Waals surface area contributed by atoms with Crippen LogP contribution < -0.4 is 0 Å². The van der Waals surface area contributed by atoms with Crippen molar-refractivity contribution < 1.29 is 0 Å². The number of aryl methyl sites for hydroxylation is 2. The van der Waals surface area contributed by atoms with Gasteiger partial charge in [-0.2, -0.15) is 0 Å². The minimum absolute atomic E-state index is 1.01. The van der Waals surface area contributed by atoms with E-state index in [0.29, 0.717) is 0 Å². The molecule has 0 unspecified atom stereocenters. The van der Waals surface area contributed by atoms with Gasteiger partial charge in [-0.1, -0.05) is 43.3 Å². The van der Waals surface area contributed by atoms with E-state index in [4.69, 9.17) is 0 Å². The summed E-state index contributed by atoms with van der Waals surface area (Å²) in [5, 5.41) is 0. The molecule has 1 aromatic heterocycles. The summed E-state index contributed by atoms with van der Waals surface area (Å²) < 4.78 is 0. The molecule has 2 nitrogen and oxygen atoms in total. The molecular formula is C18H24N2. The first-order valence-electron chi connectivity index (χ1n) is 7.44. The van der Waals surface area contributed by atoms with Gasteiger partial charge in [0, 0.05) is 18.4 Å². The number of rotatable bonds is 7. The van der Waals surface area contributed by atoms with Gasteiger partial charge in [0.2, 0.25) is 0 Å². The second-order valence-corrected chi connectivity index (χ2v) is 5.29. The van der Waals surface area contributed by atoms with Crippen LogP contribution in [-0.2, 0) is 19.3 Å². The third-order valence-corrected chi connectivity index (χ3v) is 3.72. The molecule has 0 aliphatic rings. The Morgan fingerprint density at radius 2 is 1.70 bits per heavy atom. The van der Waals surface area contributed by atoms with Gasteiger partial charge in [-0.15, -0.1) is 0 Å². The first kappa shape index (κ1) is 14.7. The molecule has 0 atom stereocenters. The van der Waals surface area contributed by atoms with E-state index in [1.54, 1.807) is 0 Å². The van der Waals surface area contributed by atoms with Crippen molar-refractivity contribution in [1.82, 2.24) is 9.88 Å². The number of hydrogen-bond acceptors (Lipinski definition) is 2. The summed E-state index contributed by atoms with van der Waals surface area (Å²) in [4.78, 5) is 6.90. The molecule has 1 aromatic carbocycles. The molecule has 1 heterocycles. The van der Waals surface area contributed by atoms with Crippen LogP contribution in [0.2, 0.25) is 0 Å². The van der Waals surface area contributed by atoms with Gasteiger partial charge in [0.05, 0.1) is 0 Å². The predicted octanol–water partition coefficient (Wildman–Crippen LogP) is 3.36. The second-order valence-electron chi connectivity index (χ2n) is 5.29. The molecule has 0 N–H and O–H groups in total. The number of hydrogen-bond donors (Lipinski definition) is 0. The average molecular weight is 268 g/mol. The minimum atomic E-state index is 1.01. The summed E-state index contributed by atoms with van der Waals surface area (Å²) in [6.45, 7) is 4.38. The Morgan fingerprint density at radius 1 is 0.900 bits per heavy atom. The van der Waals surface area contributed by atoms with Gasteiger partial charge in [-0.05, 0) is 50.0 Å². The fraction of sp³-hybridized carbons (Fsp3) is 0.389. The van der Waals surface area contributed by atoms with Crippen LogP contribution in [0.5, 0.6) is 0 Å². The highest BCUT2D eigenvalue weighted by Crippen LogP contribution is 2.07. The van der Waals surface area contributed by atoms with Gasteiger partial charge in [0.1, 0.15) is 0 Å². The number of likely N-dealkylation sites (N-methyl/N-ethyl adjacent to an activating group) is 1. The van der Waals surface area contributed by atoms with Gasteiger partial charge >= 0.3 is 0 Å². The highest BCUT2D eigenvalue weighted by molar-refractivity contribution is 5.18. The Kier molecular flexibility index (Phi) is 5.75. The molecule has 0 aliphatic carbocycles. The van der Waals surface area contributed by atoms with E-state index < -0.39 is 0 Å². The summed E-state index contributed by atoms with van der Waals surface area (Å²) in [5.41, 5.74) is 3.89. The van der Waals surface area contributed by atoms with Gasteiger partial charge in [0.15, 0.2) is 0 Å². The zero-order valence-corrected chi connectivity index (χ0v) is 12.5. The topological polar surface area (TPSA) is 16.1 Å². The van der Waals surface area contributed by atoms with Crippen molar-refractivity contribution in [2.45, 2.75) is 26.2 Å². The molecule has 0 amide bonds. The predicted molar refractivity (Wildman–Crippen MR) is 85.0 cm³/mol. The standard InChI is InChI=1S/C18H24N2/c1-3-20(2)14-13-17-10-12-18(19-15-17)11-9-16-7-5-4-6-8-16/h4-8,10,12,15H,3,9,11,13-14H2,1-2H3. The molecule has 2 aromatic rings. The van der Waals surface area contributed by atoms with Crippen LogP contribution in [0.1, 0.15) is 23.7 Å². The van der Waals surface area contributed by atoms with Crippen LogP contribution >= 0.6 is 0 Å². The van der Waals surface area contributed by atoms with Crippen molar-refractivity contribution in [1.29, 1.82) is 0 Å². The first-order chi connectivity index (χ1) is 9.78. The first-order valence-corrected chi connectivity index (χ1v) is 7.44. The molecule has 0 spiro atoms. The maximum absolute atomic E-state index is 4.58. The zero-order chi connectivity index (χ0) is 14.2. The summed E-state index contributed by atoms with van der Waals surface area (Å²) in [6, 6.07) is 15.0. The third-order valence-electron chi connectivity index (χ3n) is 3.72. The molecule has 2 rings (SSSR count). The minimum Gasteiger partial charge on any atom is -0.306 e. The summed E-state index contributed by atoms with van der Waals surface area (Å²) in [5.74, 6) is 0. The van der Waals surface area contributed by atoms with Crippen molar-refractivity contribution in [2.75, 3.05) is 20.1 Å². The van der Waals surface area contributed by atoms with Crippen molar-refractivity contribution in [3.8, 4) is 0 Å². The average Bonchev–Trinajstić information content (AvgIpc) is 2.52. The number of aromatic nitrogens is 1. The third kappa shape index (κ3) is 4.78. The quantitative estimate of drug-likeness (QED) is 0.765. The Morgan fingerprint density at radius 3 is 2.35 bits per heavy atom. The molecule has 0 aliphatic heterocycles. The molecule has 0 radical (unpaired) electrons. The number of benzene rings is 1. The van der Waals surface area contributed by atoms with Crippen LogP contribution in [0.15, 0.2) is 48.7 Å². The van der Waals surface area contributed by atoms with Gasteiger partial charge in [0.25, 0.3) is 0 Å². The molecule has 20 heavy (non-hydrogen) atoms. The van der Waals surface area contributed by atoms with Gasteiger partial charge < -0.3 is 4.90 Å². The highest BCUT2D eigenvalue weighted by Gasteiger charge is 2.00. The lowest BCUT2D eigenvalue weighted by atomic mass is 10.1. The van der Waals surface area contributed by atoms with Crippen LogP contribution in [0.3, 0.4) is 0 Å². The van der Waals surface area contributed by atoms with E-state index in [0.717, 1.165) is 32.4 Å². The smallest absolute Gasteiger partial charge is 0.0407 e. The van der Waals surface area contributed by atoms with E-state index in [1.807, 2.05) is 6.20 Å². The summed E-state index contributed by atoms with van der Waals surface area (Å²) >= 11 is 0. The van der Waals surface area contributed by atoms with Crippen molar-refractivity contribution >= 4 is 0 Å². The van der Waals surface area contributed by atoms with Crippen molar-refractivity contribution in [2.24, 2.45) is 0 Å². The van der Waals surface area contributed by atoms with Crippen LogP contribution in [0.4, 0.5) is 0 Å². The number of pyridine rings is 1. The summed E-state index contributed by atoms with van der Waals surface area (Å²) in [6.07, 6.45) is 5.19. The Balaban J connectivity index is 1.82. The fourth-order valence-electron chi connectivity index (χ4n) is 2.15. The van der Waals surface area contributed by atoms with Crippen LogP contribution in [-0.4, -0.2) is 30.0 Å². The van der Waals surface area contributed by atoms with E-state index in [2.05, 4.69) is 66.3 Å². The van der Waals surface area contributed by atoms with Crippen molar-refractivity contribution in [3.05, 3.63) is 65.5 Å². The van der Waals surface area contributed by atoms with E-state index >= 15 is 0 Å². The molecular weight excluding hydrogens is 244 g/mol. The number of nitrogens with zero attached hydrogens (tertiary/aromatic N) is 2. The molecule has 2 heteroatoms. The van der Waals surface area contributed by atoms with Crippen LogP contribution in [0.25, 0.3) is 0 Å². The van der Waals surface area contributed by atoms with E-state index in [1.165, 1.54) is 16.8 Å². The fourth-order valence-corrected chi connectivity index (χ4v) is 2.15. The van der Waals surface area contributed by atoms with Gasteiger partial charge in [-0.25, -0.2) is 0 Å². The largest absolute Gasteiger partial charge is 0.306 e. The molecule has 0 fully saturated rings. The molecule has 0 bridgehead atoms.